The zero-order valence-electron chi connectivity index (χ0n) is 14.8. The van der Waals surface area contributed by atoms with Crippen LogP contribution in [0.3, 0.4) is 0 Å². The third-order valence-corrected chi connectivity index (χ3v) is 5.82. The second-order valence-corrected chi connectivity index (χ2v) is 8.07. The Hall–Kier alpha value is -2.38. The fourth-order valence-electron chi connectivity index (χ4n) is 3.12. The van der Waals surface area contributed by atoms with Gasteiger partial charge in [0.15, 0.2) is 6.04 Å². The summed E-state index contributed by atoms with van der Waals surface area (Å²) in [6, 6.07) is 11.1. The van der Waals surface area contributed by atoms with Crippen LogP contribution in [0.2, 0.25) is 4.34 Å². The molecule has 0 bridgehead atoms. The van der Waals surface area contributed by atoms with Gasteiger partial charge in [0.25, 0.3) is 0 Å². The summed E-state index contributed by atoms with van der Waals surface area (Å²) in [6.07, 6.45) is 0.341. The van der Waals surface area contributed by atoms with Gasteiger partial charge in [-0.05, 0) is 31.0 Å². The summed E-state index contributed by atoms with van der Waals surface area (Å²) < 4.78 is 5.42. The second kappa shape index (κ2) is 8.10. The van der Waals surface area contributed by atoms with Gasteiger partial charge in [0.05, 0.1) is 23.4 Å². The molecule has 0 spiro atoms. The molecule has 8 heteroatoms. The molecule has 6 nitrogen and oxygen atoms in total. The van der Waals surface area contributed by atoms with E-state index in [1.54, 1.807) is 6.07 Å². The van der Waals surface area contributed by atoms with Crippen LogP contribution in [-0.4, -0.2) is 36.0 Å². The van der Waals surface area contributed by atoms with Crippen molar-refractivity contribution in [1.82, 2.24) is 10.2 Å². The first-order valence-corrected chi connectivity index (χ1v) is 9.62. The number of rotatable bonds is 5. The molecule has 142 valence electrons. The number of amides is 3. The van der Waals surface area contributed by atoms with Crippen LogP contribution < -0.4 is 5.32 Å². The molecule has 1 saturated heterocycles. The minimum absolute atomic E-state index is 0.306. The van der Waals surface area contributed by atoms with Crippen molar-refractivity contribution in [3.63, 3.8) is 0 Å². The van der Waals surface area contributed by atoms with Gasteiger partial charge in [0.2, 0.25) is 5.91 Å². The maximum Gasteiger partial charge on any atom is 0.330 e. The van der Waals surface area contributed by atoms with E-state index in [4.69, 9.17) is 16.3 Å². The van der Waals surface area contributed by atoms with Gasteiger partial charge in [0, 0.05) is 4.88 Å². The van der Waals surface area contributed by atoms with Crippen molar-refractivity contribution in [3.8, 4) is 0 Å². The number of imide groups is 1. The lowest BCUT2D eigenvalue weighted by atomic mass is 9.84. The van der Waals surface area contributed by atoms with E-state index in [0.717, 1.165) is 15.3 Å². The Morgan fingerprint density at radius 3 is 2.56 bits per heavy atom. The van der Waals surface area contributed by atoms with Crippen molar-refractivity contribution >= 4 is 40.8 Å². The largest absolute Gasteiger partial charge is 0.467 e. The maximum absolute atomic E-state index is 12.6. The zero-order valence-corrected chi connectivity index (χ0v) is 16.4. The zero-order chi connectivity index (χ0) is 19.6. The summed E-state index contributed by atoms with van der Waals surface area (Å²) in [5.74, 6) is -1.64. The molecular weight excluding hydrogens is 388 g/mol. The van der Waals surface area contributed by atoms with Gasteiger partial charge in [0.1, 0.15) is 0 Å². The van der Waals surface area contributed by atoms with Gasteiger partial charge in [-0.1, -0.05) is 41.9 Å². The molecule has 3 amide bonds. The smallest absolute Gasteiger partial charge is 0.330 e. The lowest BCUT2D eigenvalue weighted by molar-refractivity contribution is -0.167. The quantitative estimate of drug-likeness (QED) is 0.609. The van der Waals surface area contributed by atoms with Crippen molar-refractivity contribution in [3.05, 3.63) is 57.2 Å². The highest BCUT2D eigenvalue weighted by Gasteiger charge is 2.55. The third-order valence-electron chi connectivity index (χ3n) is 4.56. The molecule has 1 aromatic heterocycles. The second-order valence-electron chi connectivity index (χ2n) is 6.27. The number of nitrogens with one attached hydrogen (secondary N) is 1. The van der Waals surface area contributed by atoms with E-state index in [-0.39, 0.29) is 6.04 Å². The van der Waals surface area contributed by atoms with Crippen molar-refractivity contribution in [2.75, 3.05) is 7.11 Å². The Morgan fingerprint density at radius 1 is 1.26 bits per heavy atom. The first-order chi connectivity index (χ1) is 12.9. The van der Waals surface area contributed by atoms with Gasteiger partial charge in [-0.25, -0.2) is 14.5 Å². The van der Waals surface area contributed by atoms with Crippen LogP contribution in [0.5, 0.6) is 0 Å². The fourth-order valence-corrected chi connectivity index (χ4v) is 4.27. The number of methoxy groups -OCH3 is 1. The number of urea groups is 1. The normalized spacial score (nSPS) is 20.0. The standard InChI is InChI=1S/C19H19ClN2O4S/c1-11(12-6-4-3-5-7-12)21-19(25)22-16(18(24)26-2)14(17(22)23)10-13-8-9-15(20)27-13/h3-9,11,14,16H,10H2,1-2H3,(H,21,25). The molecule has 1 aliphatic rings. The number of carbonyl (C=O) groups excluding carboxylic acids is 3. The number of esters is 1. The highest BCUT2D eigenvalue weighted by Crippen LogP contribution is 2.34. The summed E-state index contributed by atoms with van der Waals surface area (Å²) in [5.41, 5.74) is 0.901. The van der Waals surface area contributed by atoms with E-state index >= 15 is 0 Å². The maximum atomic E-state index is 12.6. The fraction of sp³-hybridized carbons (Fsp3) is 0.316. The number of ether oxygens (including phenoxy) is 1. The highest BCUT2D eigenvalue weighted by atomic mass is 35.5. The molecule has 1 aromatic carbocycles. The minimum atomic E-state index is -0.939. The van der Waals surface area contributed by atoms with Crippen LogP contribution in [0.15, 0.2) is 42.5 Å². The molecule has 0 radical (unpaired) electrons. The number of nitrogens with zero attached hydrogens (tertiary/aromatic N) is 1. The average molecular weight is 407 g/mol. The molecule has 2 aromatic rings. The van der Waals surface area contributed by atoms with Crippen LogP contribution in [0.1, 0.15) is 23.4 Å². The number of thiophene rings is 1. The predicted octanol–water partition coefficient (Wildman–Crippen LogP) is 3.41. The van der Waals surface area contributed by atoms with Gasteiger partial charge in [-0.15, -0.1) is 11.3 Å². The van der Waals surface area contributed by atoms with Crippen molar-refractivity contribution in [2.24, 2.45) is 5.92 Å². The van der Waals surface area contributed by atoms with Gasteiger partial charge in [-0.2, -0.15) is 0 Å². The van der Waals surface area contributed by atoms with E-state index in [2.05, 4.69) is 5.32 Å². The topological polar surface area (TPSA) is 75.7 Å². The Morgan fingerprint density at radius 2 is 1.96 bits per heavy atom. The number of halogens is 1. The third kappa shape index (κ3) is 3.99. The highest BCUT2D eigenvalue weighted by molar-refractivity contribution is 7.16. The predicted molar refractivity (Wildman–Crippen MR) is 103 cm³/mol. The van der Waals surface area contributed by atoms with Crippen molar-refractivity contribution in [1.29, 1.82) is 0 Å². The minimum Gasteiger partial charge on any atom is -0.467 e. The molecule has 0 saturated carbocycles. The van der Waals surface area contributed by atoms with E-state index in [9.17, 15) is 14.4 Å². The summed E-state index contributed by atoms with van der Waals surface area (Å²) in [7, 11) is 1.24. The molecule has 1 fully saturated rings. The first-order valence-electron chi connectivity index (χ1n) is 8.43. The Labute approximate surface area is 166 Å². The van der Waals surface area contributed by atoms with E-state index in [1.165, 1.54) is 18.4 Å². The van der Waals surface area contributed by atoms with Crippen LogP contribution in [0, 0.1) is 5.92 Å². The molecule has 3 rings (SSSR count). The Balaban J connectivity index is 1.72. The number of β-lactam (4-membered cyclic amide) rings is 1. The monoisotopic (exact) mass is 406 g/mol. The van der Waals surface area contributed by atoms with Crippen molar-refractivity contribution < 1.29 is 19.1 Å². The lowest BCUT2D eigenvalue weighted by Gasteiger charge is -2.43. The van der Waals surface area contributed by atoms with E-state index in [1.807, 2.05) is 43.3 Å². The summed E-state index contributed by atoms with van der Waals surface area (Å²) in [5, 5.41) is 2.77. The first kappa shape index (κ1) is 19.4. The number of carbonyl (C=O) groups is 3. The SMILES string of the molecule is COC(=O)C1C(Cc2ccc(Cl)s2)C(=O)N1C(=O)NC(C)c1ccccc1. The Bertz CT molecular complexity index is 854. The molecule has 3 unspecified atom stereocenters. The molecular formula is C19H19ClN2O4S. The van der Waals surface area contributed by atoms with Crippen LogP contribution >= 0.6 is 22.9 Å². The average Bonchev–Trinajstić information content (AvgIpc) is 3.08. The van der Waals surface area contributed by atoms with Crippen LogP contribution in [0.4, 0.5) is 4.79 Å². The molecule has 3 atom stereocenters. The lowest BCUT2D eigenvalue weighted by Crippen LogP contribution is -2.68. The molecule has 1 N–H and O–H groups in total. The Kier molecular flexibility index (Phi) is 5.82. The van der Waals surface area contributed by atoms with Gasteiger partial charge in [-0.3, -0.25) is 4.79 Å². The van der Waals surface area contributed by atoms with Crippen molar-refractivity contribution in [2.45, 2.75) is 25.4 Å². The molecule has 27 heavy (non-hydrogen) atoms. The molecule has 2 heterocycles. The summed E-state index contributed by atoms with van der Waals surface area (Å²) >= 11 is 7.28. The number of hydrogen-bond acceptors (Lipinski definition) is 5. The molecule has 0 aliphatic carbocycles. The number of benzene rings is 1. The summed E-state index contributed by atoms with van der Waals surface area (Å²) in [6.45, 7) is 1.82. The van der Waals surface area contributed by atoms with Crippen LogP contribution in [0.25, 0.3) is 0 Å². The molecule has 1 aliphatic heterocycles. The summed E-state index contributed by atoms with van der Waals surface area (Å²) in [4.78, 5) is 39.2. The van der Waals surface area contributed by atoms with Crippen LogP contribution in [-0.2, 0) is 20.7 Å². The number of likely N-dealkylation sites (tertiary alicyclic amines) is 1. The van der Waals surface area contributed by atoms with E-state index in [0.29, 0.717) is 10.8 Å². The van der Waals surface area contributed by atoms with Gasteiger partial charge >= 0.3 is 12.0 Å². The van der Waals surface area contributed by atoms with Gasteiger partial charge < -0.3 is 10.1 Å². The number of hydrogen-bond donors (Lipinski definition) is 1. The van der Waals surface area contributed by atoms with E-state index < -0.39 is 29.9 Å².